The molecule has 14 heteroatoms. The summed E-state index contributed by atoms with van der Waals surface area (Å²) in [7, 11) is 0. The number of anilines is 1. The first kappa shape index (κ1) is 29.3. The van der Waals surface area contributed by atoms with Crippen LogP contribution in [0.2, 0.25) is 5.02 Å². The third-order valence-electron chi connectivity index (χ3n) is 7.81. The van der Waals surface area contributed by atoms with Crippen molar-refractivity contribution in [2.75, 3.05) is 18.1 Å². The first-order valence-corrected chi connectivity index (χ1v) is 14.7. The molecule has 0 bridgehead atoms. The minimum Gasteiger partial charge on any atom is -0.472 e. The fourth-order valence-corrected chi connectivity index (χ4v) is 5.90. The van der Waals surface area contributed by atoms with Crippen molar-refractivity contribution in [3.05, 3.63) is 47.8 Å². The van der Waals surface area contributed by atoms with Crippen molar-refractivity contribution < 1.29 is 28.5 Å². The van der Waals surface area contributed by atoms with Crippen molar-refractivity contribution in [2.24, 2.45) is 0 Å². The Hall–Kier alpha value is -3.81. The standard InChI is InChI=1S/C29H33ClFN7O5/c1-4-37(28(39)40)25-10-24-22(13-32-25)26(17-11-34-36(14-17)15-21-16-41-29(2,3)43-21)35-38(24)19-5-7-20(8-6-19)42-27-23(31)9-18(30)12-33-27/h9-14,19-21H,4-8,15-16H2,1-3H3,(H,39,40). The van der Waals surface area contributed by atoms with E-state index in [1.165, 1.54) is 17.2 Å². The van der Waals surface area contributed by atoms with Gasteiger partial charge < -0.3 is 19.3 Å². The minimum absolute atomic E-state index is 0.00981. The van der Waals surface area contributed by atoms with E-state index in [2.05, 4.69) is 15.1 Å². The Morgan fingerprint density at radius 3 is 2.67 bits per heavy atom. The number of nitrogens with zero attached hydrogens (tertiary/aromatic N) is 7. The first-order valence-electron chi connectivity index (χ1n) is 14.3. The Morgan fingerprint density at radius 1 is 1.21 bits per heavy atom. The van der Waals surface area contributed by atoms with E-state index < -0.39 is 17.7 Å². The van der Waals surface area contributed by atoms with Gasteiger partial charge in [-0.1, -0.05) is 11.6 Å². The van der Waals surface area contributed by atoms with Gasteiger partial charge in [0.25, 0.3) is 5.88 Å². The molecule has 43 heavy (non-hydrogen) atoms. The van der Waals surface area contributed by atoms with Crippen LogP contribution >= 0.6 is 11.6 Å². The minimum atomic E-state index is -1.08. The van der Waals surface area contributed by atoms with Gasteiger partial charge in [0.05, 0.1) is 35.9 Å². The Balaban J connectivity index is 1.27. The number of pyridine rings is 2. The monoisotopic (exact) mass is 613 g/mol. The van der Waals surface area contributed by atoms with Gasteiger partial charge in [0.15, 0.2) is 11.6 Å². The Kier molecular flexibility index (Phi) is 7.96. The summed E-state index contributed by atoms with van der Waals surface area (Å²) in [6.07, 6.45) is 8.08. The van der Waals surface area contributed by atoms with Crippen LogP contribution in [-0.2, 0) is 16.0 Å². The summed E-state index contributed by atoms with van der Waals surface area (Å²) in [6, 6.07) is 2.97. The van der Waals surface area contributed by atoms with Crippen LogP contribution in [0.1, 0.15) is 52.5 Å². The molecule has 12 nitrogen and oxygen atoms in total. The number of halogens is 2. The van der Waals surface area contributed by atoms with Gasteiger partial charge in [-0.15, -0.1) is 0 Å². The molecule has 0 aromatic carbocycles. The molecular formula is C29H33ClFN7O5. The molecular weight excluding hydrogens is 581 g/mol. The molecule has 4 aromatic heterocycles. The molecule has 6 rings (SSSR count). The van der Waals surface area contributed by atoms with Crippen molar-refractivity contribution in [3.63, 3.8) is 0 Å². The number of ether oxygens (including phenoxy) is 3. The van der Waals surface area contributed by atoms with Crippen molar-refractivity contribution in [3.8, 4) is 17.1 Å². The van der Waals surface area contributed by atoms with E-state index in [0.29, 0.717) is 37.5 Å². The average molecular weight is 614 g/mol. The SMILES string of the molecule is CCN(C(=O)O)c1cc2c(cn1)c(-c1cnn(CC3COC(C)(C)O3)c1)nn2C1CCC(Oc2ncc(Cl)cc2F)CC1. The predicted octanol–water partition coefficient (Wildman–Crippen LogP) is 5.70. The van der Waals surface area contributed by atoms with Gasteiger partial charge >= 0.3 is 6.09 Å². The molecule has 1 N–H and O–H groups in total. The molecule has 1 saturated carbocycles. The summed E-state index contributed by atoms with van der Waals surface area (Å²) in [4.78, 5) is 21.5. The highest BCUT2D eigenvalue weighted by Gasteiger charge is 2.33. The zero-order valence-electron chi connectivity index (χ0n) is 24.1. The third kappa shape index (κ3) is 6.15. The van der Waals surface area contributed by atoms with Crippen LogP contribution in [0.15, 0.2) is 36.9 Å². The molecule has 2 aliphatic rings. The van der Waals surface area contributed by atoms with Crippen LogP contribution < -0.4 is 9.64 Å². The number of carbonyl (C=O) groups is 1. The number of fused-ring (bicyclic) bond motifs is 1. The summed E-state index contributed by atoms with van der Waals surface area (Å²) in [5, 5.41) is 20.3. The largest absolute Gasteiger partial charge is 0.472 e. The summed E-state index contributed by atoms with van der Waals surface area (Å²) in [5.74, 6) is -0.940. The number of rotatable bonds is 8. The normalized spacial score (nSPS) is 21.7. The number of hydrogen-bond acceptors (Lipinski definition) is 8. The smallest absolute Gasteiger partial charge is 0.412 e. The summed E-state index contributed by atoms with van der Waals surface area (Å²) in [5.41, 5.74) is 2.29. The highest BCUT2D eigenvalue weighted by molar-refractivity contribution is 6.30. The molecule has 1 atom stereocenters. The van der Waals surface area contributed by atoms with Crippen molar-refractivity contribution in [2.45, 2.75) is 77.0 Å². The lowest BCUT2D eigenvalue weighted by atomic mass is 9.93. The molecule has 228 valence electrons. The van der Waals surface area contributed by atoms with Crippen LogP contribution in [0.5, 0.6) is 5.88 Å². The molecule has 5 heterocycles. The molecule has 0 radical (unpaired) electrons. The lowest BCUT2D eigenvalue weighted by molar-refractivity contribution is -0.139. The lowest BCUT2D eigenvalue weighted by Crippen LogP contribution is -2.29. The van der Waals surface area contributed by atoms with Crippen LogP contribution in [-0.4, -0.2) is 71.9 Å². The Morgan fingerprint density at radius 2 is 2.00 bits per heavy atom. The van der Waals surface area contributed by atoms with Gasteiger partial charge in [-0.3, -0.25) is 14.3 Å². The van der Waals surface area contributed by atoms with E-state index >= 15 is 0 Å². The number of aromatic nitrogens is 6. The Bertz CT molecular complexity index is 1630. The van der Waals surface area contributed by atoms with E-state index in [1.54, 1.807) is 25.4 Å². The third-order valence-corrected chi connectivity index (χ3v) is 8.01. The predicted molar refractivity (Wildman–Crippen MR) is 156 cm³/mol. The highest BCUT2D eigenvalue weighted by Crippen LogP contribution is 2.37. The fourth-order valence-electron chi connectivity index (χ4n) is 5.76. The zero-order valence-corrected chi connectivity index (χ0v) is 24.9. The Labute approximate surface area is 252 Å². The topological polar surface area (TPSA) is 130 Å². The molecule has 1 saturated heterocycles. The molecule has 4 aromatic rings. The van der Waals surface area contributed by atoms with Gasteiger partial charge in [0.2, 0.25) is 0 Å². The van der Waals surface area contributed by atoms with Gasteiger partial charge in [-0.2, -0.15) is 10.2 Å². The molecule has 1 unspecified atom stereocenters. The molecule has 1 amide bonds. The van der Waals surface area contributed by atoms with Gasteiger partial charge in [-0.05, 0) is 52.5 Å². The van der Waals surface area contributed by atoms with E-state index in [9.17, 15) is 14.3 Å². The summed E-state index contributed by atoms with van der Waals surface area (Å²) in [6.45, 7) is 6.80. The van der Waals surface area contributed by atoms with Crippen molar-refractivity contribution in [1.82, 2.24) is 29.5 Å². The first-order chi connectivity index (χ1) is 20.6. The molecule has 2 fully saturated rings. The van der Waals surface area contributed by atoms with Crippen LogP contribution in [0.3, 0.4) is 0 Å². The summed E-state index contributed by atoms with van der Waals surface area (Å²) >= 11 is 5.82. The van der Waals surface area contributed by atoms with Crippen LogP contribution in [0.4, 0.5) is 15.0 Å². The number of hydrogen-bond donors (Lipinski definition) is 1. The van der Waals surface area contributed by atoms with Crippen LogP contribution in [0.25, 0.3) is 22.2 Å². The molecule has 1 aliphatic heterocycles. The highest BCUT2D eigenvalue weighted by atomic mass is 35.5. The lowest BCUT2D eigenvalue weighted by Gasteiger charge is -2.29. The number of carboxylic acid groups (broad SMARTS) is 1. The van der Waals surface area contributed by atoms with E-state index in [1.807, 2.05) is 29.4 Å². The van der Waals surface area contributed by atoms with E-state index in [0.717, 1.165) is 29.3 Å². The van der Waals surface area contributed by atoms with E-state index in [-0.39, 0.29) is 35.7 Å². The average Bonchev–Trinajstić information content (AvgIpc) is 3.67. The zero-order chi connectivity index (χ0) is 30.3. The number of amides is 1. The fraction of sp³-hybridized carbons (Fsp3) is 0.483. The van der Waals surface area contributed by atoms with Crippen molar-refractivity contribution >= 4 is 34.4 Å². The van der Waals surface area contributed by atoms with Crippen LogP contribution in [0, 0.1) is 5.82 Å². The quantitative estimate of drug-likeness (QED) is 0.266. The second kappa shape index (κ2) is 11.7. The maximum atomic E-state index is 14.3. The maximum Gasteiger partial charge on any atom is 0.412 e. The van der Waals surface area contributed by atoms with Gasteiger partial charge in [0, 0.05) is 42.2 Å². The molecule has 0 spiro atoms. The van der Waals surface area contributed by atoms with E-state index in [4.69, 9.17) is 30.9 Å². The second-order valence-corrected chi connectivity index (χ2v) is 11.7. The van der Waals surface area contributed by atoms with Gasteiger partial charge in [0.1, 0.15) is 23.7 Å². The maximum absolute atomic E-state index is 14.3. The van der Waals surface area contributed by atoms with Crippen molar-refractivity contribution in [1.29, 1.82) is 0 Å². The summed E-state index contributed by atoms with van der Waals surface area (Å²) < 4.78 is 35.5. The molecule has 1 aliphatic carbocycles. The van der Waals surface area contributed by atoms with Gasteiger partial charge in [-0.25, -0.2) is 19.2 Å². The second-order valence-electron chi connectivity index (χ2n) is 11.3.